The van der Waals surface area contributed by atoms with Crippen molar-refractivity contribution >= 4 is 11.8 Å². The molecular weight excluding hydrogens is 360 g/mol. The molecule has 0 bridgehead atoms. The quantitative estimate of drug-likeness (QED) is 0.762. The van der Waals surface area contributed by atoms with Crippen LogP contribution < -0.4 is 0 Å². The number of amides is 2. The van der Waals surface area contributed by atoms with Crippen molar-refractivity contribution in [3.05, 3.63) is 35.9 Å². The molecule has 1 aromatic carbocycles. The van der Waals surface area contributed by atoms with Gasteiger partial charge in [-0.05, 0) is 56.4 Å². The highest BCUT2D eigenvalue weighted by Crippen LogP contribution is 2.29. The van der Waals surface area contributed by atoms with Crippen LogP contribution in [0.2, 0.25) is 0 Å². The average molecular weight is 397 g/mol. The van der Waals surface area contributed by atoms with Gasteiger partial charge in [0.25, 0.3) is 0 Å². The van der Waals surface area contributed by atoms with Crippen LogP contribution in [0.15, 0.2) is 30.3 Å². The largest absolute Gasteiger partial charge is 0.342 e. The molecule has 1 aromatic rings. The Kier molecular flexibility index (Phi) is 6.89. The van der Waals surface area contributed by atoms with E-state index in [1.54, 1.807) is 0 Å². The third kappa shape index (κ3) is 5.21. The number of hydrogen-bond acceptors (Lipinski definition) is 2. The molecule has 2 amide bonds. The SMILES string of the molecule is O=C(C1CCN(C(=O)C2CCCCC2)CC1)N1CCC(Cc2ccccc2)CC1. The molecule has 1 saturated carbocycles. The second kappa shape index (κ2) is 9.77. The topological polar surface area (TPSA) is 40.6 Å². The van der Waals surface area contributed by atoms with Crippen molar-refractivity contribution in [2.45, 2.75) is 64.2 Å². The van der Waals surface area contributed by atoms with Gasteiger partial charge in [0.2, 0.25) is 11.8 Å². The van der Waals surface area contributed by atoms with Gasteiger partial charge >= 0.3 is 0 Å². The summed E-state index contributed by atoms with van der Waals surface area (Å²) in [7, 11) is 0. The van der Waals surface area contributed by atoms with E-state index < -0.39 is 0 Å². The highest BCUT2D eigenvalue weighted by Gasteiger charge is 2.34. The van der Waals surface area contributed by atoms with Gasteiger partial charge in [-0.25, -0.2) is 0 Å². The van der Waals surface area contributed by atoms with Crippen molar-refractivity contribution in [3.63, 3.8) is 0 Å². The van der Waals surface area contributed by atoms with Gasteiger partial charge in [0.1, 0.15) is 0 Å². The first-order valence-corrected chi connectivity index (χ1v) is 11.8. The summed E-state index contributed by atoms with van der Waals surface area (Å²) in [5.74, 6) is 1.76. The van der Waals surface area contributed by atoms with E-state index in [9.17, 15) is 9.59 Å². The van der Waals surface area contributed by atoms with E-state index in [-0.39, 0.29) is 11.8 Å². The molecule has 2 heterocycles. The highest BCUT2D eigenvalue weighted by atomic mass is 16.2. The first-order chi connectivity index (χ1) is 14.2. The van der Waals surface area contributed by atoms with Gasteiger partial charge in [-0.15, -0.1) is 0 Å². The fraction of sp³-hybridized carbons (Fsp3) is 0.680. The number of carbonyl (C=O) groups excluding carboxylic acids is 2. The van der Waals surface area contributed by atoms with Crippen LogP contribution in [0.4, 0.5) is 0 Å². The summed E-state index contributed by atoms with van der Waals surface area (Å²) in [4.78, 5) is 29.9. The number of likely N-dealkylation sites (tertiary alicyclic amines) is 2. The minimum absolute atomic E-state index is 0.121. The summed E-state index contributed by atoms with van der Waals surface area (Å²) in [6, 6.07) is 10.7. The molecule has 1 aliphatic carbocycles. The standard InChI is InChI=1S/C25H36N2O2/c28-24(22-9-5-2-6-10-22)27-17-13-23(14-18-27)25(29)26-15-11-21(12-16-26)19-20-7-3-1-4-8-20/h1,3-4,7-8,21-23H,2,5-6,9-19H2. The van der Waals surface area contributed by atoms with E-state index in [1.165, 1.54) is 24.8 Å². The second-order valence-electron chi connectivity index (χ2n) is 9.39. The highest BCUT2D eigenvalue weighted by molar-refractivity contribution is 5.81. The van der Waals surface area contributed by atoms with Gasteiger partial charge in [-0.1, -0.05) is 49.6 Å². The van der Waals surface area contributed by atoms with Crippen molar-refractivity contribution in [2.75, 3.05) is 26.2 Å². The lowest BCUT2D eigenvalue weighted by molar-refractivity contribution is -0.143. The summed E-state index contributed by atoms with van der Waals surface area (Å²) in [6.07, 6.45) is 10.9. The van der Waals surface area contributed by atoms with Crippen molar-refractivity contribution in [3.8, 4) is 0 Å². The Hall–Kier alpha value is -1.84. The molecule has 0 aromatic heterocycles. The minimum atomic E-state index is 0.121. The number of piperidine rings is 2. The van der Waals surface area contributed by atoms with E-state index in [0.29, 0.717) is 17.7 Å². The lowest BCUT2D eigenvalue weighted by atomic mass is 9.86. The average Bonchev–Trinajstić information content (AvgIpc) is 2.80. The summed E-state index contributed by atoms with van der Waals surface area (Å²) >= 11 is 0. The molecule has 2 saturated heterocycles. The maximum Gasteiger partial charge on any atom is 0.225 e. The van der Waals surface area contributed by atoms with Crippen molar-refractivity contribution in [1.29, 1.82) is 0 Å². The minimum Gasteiger partial charge on any atom is -0.342 e. The van der Waals surface area contributed by atoms with Gasteiger partial charge < -0.3 is 9.80 Å². The Balaban J connectivity index is 1.20. The summed E-state index contributed by atoms with van der Waals surface area (Å²) in [5.41, 5.74) is 1.41. The van der Waals surface area contributed by atoms with E-state index in [2.05, 4.69) is 35.2 Å². The fourth-order valence-corrected chi connectivity index (χ4v) is 5.52. The Labute approximate surface area is 175 Å². The van der Waals surface area contributed by atoms with Crippen molar-refractivity contribution < 1.29 is 9.59 Å². The molecule has 158 valence electrons. The van der Waals surface area contributed by atoms with E-state index in [1.807, 2.05) is 4.90 Å². The van der Waals surface area contributed by atoms with Crippen LogP contribution in [0.3, 0.4) is 0 Å². The van der Waals surface area contributed by atoms with Crippen LogP contribution in [0.25, 0.3) is 0 Å². The number of hydrogen-bond donors (Lipinski definition) is 0. The number of rotatable bonds is 4. The van der Waals surface area contributed by atoms with Gasteiger partial charge in [-0.3, -0.25) is 9.59 Å². The molecule has 0 spiro atoms. The van der Waals surface area contributed by atoms with Crippen LogP contribution in [-0.2, 0) is 16.0 Å². The predicted octanol–water partition coefficient (Wildman–Crippen LogP) is 4.29. The van der Waals surface area contributed by atoms with Crippen LogP contribution >= 0.6 is 0 Å². The monoisotopic (exact) mass is 396 g/mol. The van der Waals surface area contributed by atoms with Crippen LogP contribution in [0.1, 0.15) is 63.4 Å². The molecule has 4 rings (SSSR count). The number of carbonyl (C=O) groups is 2. The van der Waals surface area contributed by atoms with E-state index in [4.69, 9.17) is 0 Å². The number of nitrogens with zero attached hydrogens (tertiary/aromatic N) is 2. The van der Waals surface area contributed by atoms with Gasteiger partial charge in [0, 0.05) is 38.0 Å². The molecule has 2 aliphatic heterocycles. The summed E-state index contributed by atoms with van der Waals surface area (Å²) < 4.78 is 0. The molecule has 0 radical (unpaired) electrons. The Morgan fingerprint density at radius 2 is 1.21 bits per heavy atom. The zero-order valence-electron chi connectivity index (χ0n) is 17.7. The third-order valence-electron chi connectivity index (χ3n) is 7.40. The van der Waals surface area contributed by atoms with E-state index in [0.717, 1.165) is 71.1 Å². The molecule has 0 atom stereocenters. The fourth-order valence-electron chi connectivity index (χ4n) is 5.52. The molecular formula is C25H36N2O2. The molecule has 3 aliphatic rings. The smallest absolute Gasteiger partial charge is 0.225 e. The third-order valence-corrected chi connectivity index (χ3v) is 7.40. The van der Waals surface area contributed by atoms with Crippen molar-refractivity contribution in [2.24, 2.45) is 17.8 Å². The first kappa shape index (κ1) is 20.4. The number of benzene rings is 1. The molecule has 4 nitrogen and oxygen atoms in total. The normalized spacial score (nSPS) is 22.6. The summed E-state index contributed by atoms with van der Waals surface area (Å²) in [6.45, 7) is 3.35. The lowest BCUT2D eigenvalue weighted by Crippen LogP contribution is -2.47. The lowest BCUT2D eigenvalue weighted by Gasteiger charge is -2.38. The van der Waals surface area contributed by atoms with Crippen LogP contribution in [0, 0.1) is 17.8 Å². The van der Waals surface area contributed by atoms with Gasteiger partial charge in [-0.2, -0.15) is 0 Å². The maximum atomic E-state index is 13.0. The Morgan fingerprint density at radius 1 is 0.690 bits per heavy atom. The molecule has 0 N–H and O–H groups in total. The molecule has 4 heteroatoms. The van der Waals surface area contributed by atoms with Crippen LogP contribution in [-0.4, -0.2) is 47.8 Å². The molecule has 29 heavy (non-hydrogen) atoms. The van der Waals surface area contributed by atoms with Crippen LogP contribution in [0.5, 0.6) is 0 Å². The zero-order chi connectivity index (χ0) is 20.1. The second-order valence-corrected chi connectivity index (χ2v) is 9.39. The van der Waals surface area contributed by atoms with Gasteiger partial charge in [0.15, 0.2) is 0 Å². The maximum absolute atomic E-state index is 13.0. The van der Waals surface area contributed by atoms with E-state index >= 15 is 0 Å². The van der Waals surface area contributed by atoms with Crippen molar-refractivity contribution in [1.82, 2.24) is 9.80 Å². The first-order valence-electron chi connectivity index (χ1n) is 11.8. The Morgan fingerprint density at radius 3 is 1.79 bits per heavy atom. The molecule has 3 fully saturated rings. The Bertz CT molecular complexity index is 667. The predicted molar refractivity (Wildman–Crippen MR) is 115 cm³/mol. The summed E-state index contributed by atoms with van der Waals surface area (Å²) in [5, 5.41) is 0. The zero-order valence-corrected chi connectivity index (χ0v) is 17.7. The van der Waals surface area contributed by atoms with Gasteiger partial charge in [0.05, 0.1) is 0 Å². The molecule has 0 unspecified atom stereocenters.